The van der Waals surface area contributed by atoms with Crippen LogP contribution in [-0.4, -0.2) is 10.1 Å². The van der Waals surface area contributed by atoms with Gasteiger partial charge in [-0.1, -0.05) is 16.8 Å². The van der Waals surface area contributed by atoms with Gasteiger partial charge in [-0.2, -0.15) is 4.98 Å². The fourth-order valence-corrected chi connectivity index (χ4v) is 2.23. The van der Waals surface area contributed by atoms with E-state index in [1.165, 1.54) is 12.1 Å². The summed E-state index contributed by atoms with van der Waals surface area (Å²) in [6, 6.07) is 9.40. The van der Waals surface area contributed by atoms with Gasteiger partial charge in [-0.05, 0) is 48.9 Å². The number of benzene rings is 2. The topological polar surface area (TPSA) is 64.9 Å². The van der Waals surface area contributed by atoms with Crippen LogP contribution >= 0.6 is 11.6 Å². The molecule has 3 aromatic rings. The Morgan fingerprint density at radius 1 is 1.14 bits per heavy atom. The van der Waals surface area contributed by atoms with E-state index < -0.39 is 0 Å². The summed E-state index contributed by atoms with van der Waals surface area (Å²) in [5.41, 5.74) is 8.27. The molecule has 0 aliphatic rings. The first-order chi connectivity index (χ1) is 10.0. The molecule has 0 aliphatic heterocycles. The number of nitrogens with two attached hydrogens (primary N) is 1. The summed E-state index contributed by atoms with van der Waals surface area (Å²) in [6.45, 7) is 1.78. The molecule has 3 rings (SSSR count). The minimum Gasteiger partial charge on any atom is -0.399 e. The Morgan fingerprint density at radius 2 is 1.95 bits per heavy atom. The second-order valence-corrected chi connectivity index (χ2v) is 5.03. The highest BCUT2D eigenvalue weighted by Crippen LogP contribution is 2.30. The third-order valence-electron chi connectivity index (χ3n) is 3.08. The summed E-state index contributed by atoms with van der Waals surface area (Å²) in [6.07, 6.45) is 0. The number of rotatable bonds is 2. The van der Waals surface area contributed by atoms with Gasteiger partial charge in [0.25, 0.3) is 5.89 Å². The Hall–Kier alpha value is -2.40. The first-order valence-corrected chi connectivity index (χ1v) is 6.58. The van der Waals surface area contributed by atoms with E-state index in [4.69, 9.17) is 21.9 Å². The van der Waals surface area contributed by atoms with Crippen molar-refractivity contribution in [2.24, 2.45) is 0 Å². The molecule has 0 bridgehead atoms. The van der Waals surface area contributed by atoms with E-state index in [2.05, 4.69) is 10.1 Å². The number of aryl methyl sites for hydroxylation is 1. The van der Waals surface area contributed by atoms with Gasteiger partial charge in [-0.3, -0.25) is 0 Å². The maximum Gasteiger partial charge on any atom is 0.259 e. The first kappa shape index (κ1) is 13.6. The summed E-state index contributed by atoms with van der Waals surface area (Å²) < 4.78 is 18.4. The third kappa shape index (κ3) is 2.60. The van der Waals surface area contributed by atoms with E-state index in [1.54, 1.807) is 31.2 Å². The molecule has 21 heavy (non-hydrogen) atoms. The van der Waals surface area contributed by atoms with Crippen LogP contribution < -0.4 is 5.73 Å². The highest BCUT2D eigenvalue weighted by Gasteiger charge is 2.15. The van der Waals surface area contributed by atoms with Gasteiger partial charge < -0.3 is 10.3 Å². The number of anilines is 1. The van der Waals surface area contributed by atoms with Gasteiger partial charge in [0.1, 0.15) is 5.82 Å². The fraction of sp³-hybridized carbons (Fsp3) is 0.0667. The largest absolute Gasteiger partial charge is 0.399 e. The van der Waals surface area contributed by atoms with Crippen LogP contribution in [0.1, 0.15) is 5.56 Å². The molecule has 0 aliphatic carbocycles. The molecule has 0 fully saturated rings. The van der Waals surface area contributed by atoms with Crippen molar-refractivity contribution in [1.82, 2.24) is 10.1 Å². The molecule has 0 unspecified atom stereocenters. The molecular formula is C15H11ClFN3O. The molecule has 6 heteroatoms. The Morgan fingerprint density at radius 3 is 2.71 bits per heavy atom. The molecule has 106 valence electrons. The summed E-state index contributed by atoms with van der Waals surface area (Å²) in [4.78, 5) is 4.30. The van der Waals surface area contributed by atoms with Gasteiger partial charge in [0.2, 0.25) is 5.82 Å². The van der Waals surface area contributed by atoms with Crippen LogP contribution in [0.15, 0.2) is 40.9 Å². The van der Waals surface area contributed by atoms with Crippen molar-refractivity contribution >= 4 is 17.3 Å². The molecule has 0 radical (unpaired) electrons. The zero-order chi connectivity index (χ0) is 15.0. The van der Waals surface area contributed by atoms with E-state index >= 15 is 0 Å². The lowest BCUT2D eigenvalue weighted by Gasteiger charge is -2.00. The van der Waals surface area contributed by atoms with Crippen LogP contribution in [0.2, 0.25) is 5.02 Å². The van der Waals surface area contributed by atoms with Crippen molar-refractivity contribution in [1.29, 1.82) is 0 Å². The minimum atomic E-state index is -0.307. The average Bonchev–Trinajstić information content (AvgIpc) is 2.91. The molecular weight excluding hydrogens is 293 g/mol. The predicted molar refractivity (Wildman–Crippen MR) is 79.3 cm³/mol. The molecule has 1 heterocycles. The second-order valence-electron chi connectivity index (χ2n) is 4.62. The van der Waals surface area contributed by atoms with Gasteiger partial charge in [0.15, 0.2) is 0 Å². The van der Waals surface area contributed by atoms with Crippen LogP contribution in [0, 0.1) is 12.7 Å². The van der Waals surface area contributed by atoms with Crippen LogP contribution in [0.25, 0.3) is 22.8 Å². The normalized spacial score (nSPS) is 10.8. The van der Waals surface area contributed by atoms with Crippen molar-refractivity contribution in [3.8, 4) is 22.8 Å². The molecule has 4 nitrogen and oxygen atoms in total. The van der Waals surface area contributed by atoms with Crippen LogP contribution in [0.4, 0.5) is 10.1 Å². The number of aromatic nitrogens is 2. The summed E-state index contributed by atoms with van der Waals surface area (Å²) in [5.74, 6) is 0.339. The fourth-order valence-electron chi connectivity index (χ4n) is 2.03. The number of nitrogen functional groups attached to an aromatic ring is 1. The lowest BCUT2D eigenvalue weighted by molar-refractivity contribution is 0.432. The van der Waals surface area contributed by atoms with Crippen LogP contribution in [-0.2, 0) is 0 Å². The minimum absolute atomic E-state index is 0.269. The van der Waals surface area contributed by atoms with E-state index in [0.717, 1.165) is 5.56 Å². The van der Waals surface area contributed by atoms with Gasteiger partial charge in [0, 0.05) is 11.3 Å². The Labute approximate surface area is 125 Å². The molecule has 2 N–H and O–H groups in total. The zero-order valence-corrected chi connectivity index (χ0v) is 11.9. The Bertz CT molecular complexity index is 816. The van der Waals surface area contributed by atoms with Gasteiger partial charge in [-0.25, -0.2) is 4.39 Å². The zero-order valence-electron chi connectivity index (χ0n) is 11.1. The lowest BCUT2D eigenvalue weighted by atomic mass is 10.1. The van der Waals surface area contributed by atoms with Crippen molar-refractivity contribution < 1.29 is 8.91 Å². The first-order valence-electron chi connectivity index (χ1n) is 6.20. The molecule has 0 spiro atoms. The quantitative estimate of drug-likeness (QED) is 0.724. The second kappa shape index (κ2) is 5.18. The van der Waals surface area contributed by atoms with E-state index in [1.807, 2.05) is 0 Å². The summed E-state index contributed by atoms with van der Waals surface area (Å²) >= 11 is 6.11. The standard InChI is InChI=1S/C15H11ClFN3O/c1-8-6-9(17)2-4-11(8)14-19-15(21-20-14)12-7-10(18)3-5-13(12)16/h2-7H,18H2,1H3. The highest BCUT2D eigenvalue weighted by atomic mass is 35.5. The monoisotopic (exact) mass is 303 g/mol. The van der Waals surface area contributed by atoms with Crippen molar-refractivity contribution in [2.45, 2.75) is 6.92 Å². The van der Waals surface area contributed by atoms with Crippen molar-refractivity contribution in [2.75, 3.05) is 5.73 Å². The highest BCUT2D eigenvalue weighted by molar-refractivity contribution is 6.33. The number of hydrogen-bond acceptors (Lipinski definition) is 4. The van der Waals surface area contributed by atoms with E-state index in [9.17, 15) is 4.39 Å². The smallest absolute Gasteiger partial charge is 0.259 e. The average molecular weight is 304 g/mol. The SMILES string of the molecule is Cc1cc(F)ccc1-c1noc(-c2cc(N)ccc2Cl)n1. The number of halogens is 2. The van der Waals surface area contributed by atoms with Crippen LogP contribution in [0.3, 0.4) is 0 Å². The van der Waals surface area contributed by atoms with E-state index in [-0.39, 0.29) is 11.7 Å². The van der Waals surface area contributed by atoms with E-state index in [0.29, 0.717) is 27.7 Å². The Balaban J connectivity index is 2.06. The number of nitrogens with zero attached hydrogens (tertiary/aromatic N) is 2. The molecule has 1 aromatic heterocycles. The Kier molecular flexibility index (Phi) is 3.35. The van der Waals surface area contributed by atoms with Crippen molar-refractivity contribution in [3.63, 3.8) is 0 Å². The van der Waals surface area contributed by atoms with Gasteiger partial charge in [0.05, 0.1) is 10.6 Å². The maximum atomic E-state index is 13.1. The molecule has 0 saturated heterocycles. The van der Waals surface area contributed by atoms with Gasteiger partial charge in [-0.15, -0.1) is 0 Å². The summed E-state index contributed by atoms with van der Waals surface area (Å²) in [7, 11) is 0. The van der Waals surface area contributed by atoms with Gasteiger partial charge >= 0.3 is 0 Å². The lowest BCUT2D eigenvalue weighted by Crippen LogP contribution is -1.88. The van der Waals surface area contributed by atoms with Crippen LogP contribution in [0.5, 0.6) is 0 Å². The molecule has 0 amide bonds. The molecule has 0 atom stereocenters. The predicted octanol–water partition coefficient (Wildman–Crippen LogP) is 4.09. The molecule has 2 aromatic carbocycles. The molecule has 0 saturated carbocycles. The summed E-state index contributed by atoms with van der Waals surface area (Å²) in [5, 5.41) is 4.38. The number of hydrogen-bond donors (Lipinski definition) is 1. The maximum absolute atomic E-state index is 13.1. The third-order valence-corrected chi connectivity index (χ3v) is 3.41. The van der Waals surface area contributed by atoms with Crippen molar-refractivity contribution in [3.05, 3.63) is 52.8 Å².